The first-order valence-corrected chi connectivity index (χ1v) is 10.3. The summed E-state index contributed by atoms with van der Waals surface area (Å²) in [5.74, 6) is 1.41. The van der Waals surface area contributed by atoms with Gasteiger partial charge < -0.3 is 14.4 Å². The van der Waals surface area contributed by atoms with Gasteiger partial charge in [-0.15, -0.1) is 0 Å². The number of aromatic nitrogens is 3. The van der Waals surface area contributed by atoms with Crippen molar-refractivity contribution in [1.82, 2.24) is 15.0 Å². The lowest BCUT2D eigenvalue weighted by atomic mass is 10.2. The highest BCUT2D eigenvalue weighted by Crippen LogP contribution is 2.23. The minimum atomic E-state index is -3.39. The fraction of sp³-hybridized carbons (Fsp3) is 0.389. The molecule has 8 nitrogen and oxygen atoms in total. The highest BCUT2D eigenvalue weighted by atomic mass is 32.2. The lowest BCUT2D eigenvalue weighted by Crippen LogP contribution is -2.37. The fourth-order valence-corrected chi connectivity index (χ4v) is 3.81. The van der Waals surface area contributed by atoms with Gasteiger partial charge in [-0.1, -0.05) is 6.08 Å². The van der Waals surface area contributed by atoms with Crippen LogP contribution in [0.2, 0.25) is 0 Å². The Bertz CT molecular complexity index is 907. The summed E-state index contributed by atoms with van der Waals surface area (Å²) in [6.45, 7) is 4.27. The molecule has 0 bridgehead atoms. The van der Waals surface area contributed by atoms with Gasteiger partial charge in [0.1, 0.15) is 5.82 Å². The molecule has 0 spiro atoms. The zero-order valence-electron chi connectivity index (χ0n) is 15.3. The van der Waals surface area contributed by atoms with Crippen LogP contribution in [-0.2, 0) is 20.3 Å². The van der Waals surface area contributed by atoms with Gasteiger partial charge >= 0.3 is 0 Å². The van der Waals surface area contributed by atoms with E-state index in [1.165, 1.54) is 11.5 Å². The number of nitrogens with zero attached hydrogens (tertiary/aromatic N) is 4. The van der Waals surface area contributed by atoms with Crippen molar-refractivity contribution in [2.75, 3.05) is 38.3 Å². The predicted molar refractivity (Wildman–Crippen MR) is 102 cm³/mol. The van der Waals surface area contributed by atoms with Crippen molar-refractivity contribution >= 4 is 15.7 Å². The number of pyridine rings is 1. The van der Waals surface area contributed by atoms with Gasteiger partial charge in [-0.2, -0.15) is 0 Å². The molecule has 0 aliphatic carbocycles. The van der Waals surface area contributed by atoms with E-state index in [9.17, 15) is 8.42 Å². The Hall–Kier alpha value is -2.52. The van der Waals surface area contributed by atoms with Crippen LogP contribution in [0.5, 0.6) is 5.88 Å². The van der Waals surface area contributed by atoms with E-state index in [1.807, 2.05) is 0 Å². The molecule has 0 N–H and O–H groups in total. The summed E-state index contributed by atoms with van der Waals surface area (Å²) in [4.78, 5) is 15.3. The average molecular weight is 390 g/mol. The van der Waals surface area contributed by atoms with Crippen molar-refractivity contribution in [3.63, 3.8) is 0 Å². The van der Waals surface area contributed by atoms with Crippen molar-refractivity contribution < 1.29 is 17.9 Å². The Kier molecular flexibility index (Phi) is 6.02. The number of allylic oxidation sites excluding steroid dienone is 1. The summed E-state index contributed by atoms with van der Waals surface area (Å²) in [5.41, 5.74) is 1.13. The van der Waals surface area contributed by atoms with Crippen LogP contribution in [-0.4, -0.2) is 56.8 Å². The third-order valence-corrected chi connectivity index (χ3v) is 5.38. The maximum Gasteiger partial charge on any atom is 0.212 e. The van der Waals surface area contributed by atoms with E-state index < -0.39 is 9.84 Å². The van der Waals surface area contributed by atoms with Crippen LogP contribution in [0.25, 0.3) is 11.4 Å². The molecular weight excluding hydrogens is 368 g/mol. The molecule has 2 aromatic heterocycles. The number of hydrogen-bond acceptors (Lipinski definition) is 8. The van der Waals surface area contributed by atoms with Crippen molar-refractivity contribution in [3.05, 3.63) is 41.6 Å². The largest absolute Gasteiger partial charge is 0.481 e. The van der Waals surface area contributed by atoms with Crippen LogP contribution in [0.3, 0.4) is 0 Å². The van der Waals surface area contributed by atoms with Crippen LogP contribution in [0.4, 0.5) is 5.82 Å². The van der Waals surface area contributed by atoms with E-state index >= 15 is 0 Å². The molecule has 1 saturated heterocycles. The number of rotatable bonds is 6. The molecular formula is C18H22N4O4S. The monoisotopic (exact) mass is 390 g/mol. The SMILES string of the molecule is C/C=C/S(=O)(=O)Cc1cc(N2CCOCC2)nc(-c2ccc(OC)nc2)n1. The summed E-state index contributed by atoms with van der Waals surface area (Å²) >= 11 is 0. The van der Waals surface area contributed by atoms with E-state index in [0.717, 1.165) is 0 Å². The molecule has 9 heteroatoms. The predicted octanol–water partition coefficient (Wildman–Crippen LogP) is 1.83. The van der Waals surface area contributed by atoms with Crippen LogP contribution < -0.4 is 9.64 Å². The molecule has 0 amide bonds. The molecule has 0 unspecified atom stereocenters. The number of ether oxygens (including phenoxy) is 2. The third-order valence-electron chi connectivity index (χ3n) is 4.00. The molecule has 1 aliphatic rings. The quantitative estimate of drug-likeness (QED) is 0.737. The Morgan fingerprint density at radius 3 is 2.67 bits per heavy atom. The molecule has 27 heavy (non-hydrogen) atoms. The Morgan fingerprint density at radius 2 is 2.04 bits per heavy atom. The van der Waals surface area contributed by atoms with E-state index in [0.29, 0.717) is 55.1 Å². The molecule has 1 aliphatic heterocycles. The third kappa shape index (κ3) is 5.01. The molecule has 0 aromatic carbocycles. The Morgan fingerprint density at radius 1 is 1.26 bits per heavy atom. The minimum absolute atomic E-state index is 0.187. The molecule has 0 saturated carbocycles. The second kappa shape index (κ2) is 8.45. The Labute approximate surface area is 158 Å². The average Bonchev–Trinajstić information content (AvgIpc) is 2.68. The number of hydrogen-bond donors (Lipinski definition) is 0. The van der Waals surface area contributed by atoms with Crippen LogP contribution in [0.15, 0.2) is 35.9 Å². The van der Waals surface area contributed by atoms with Gasteiger partial charge in [-0.25, -0.2) is 23.4 Å². The highest BCUT2D eigenvalue weighted by molar-refractivity contribution is 7.93. The van der Waals surface area contributed by atoms with Gasteiger partial charge in [-0.3, -0.25) is 0 Å². The number of methoxy groups -OCH3 is 1. The smallest absolute Gasteiger partial charge is 0.212 e. The van der Waals surface area contributed by atoms with Gasteiger partial charge in [-0.05, 0) is 13.0 Å². The van der Waals surface area contributed by atoms with Crippen LogP contribution >= 0.6 is 0 Å². The first-order chi connectivity index (χ1) is 13.0. The number of morpholine rings is 1. The number of sulfone groups is 1. The Balaban J connectivity index is 2.01. The lowest BCUT2D eigenvalue weighted by Gasteiger charge is -2.28. The highest BCUT2D eigenvalue weighted by Gasteiger charge is 2.18. The minimum Gasteiger partial charge on any atom is -0.481 e. The van der Waals surface area contributed by atoms with Gasteiger partial charge in [0, 0.05) is 42.4 Å². The summed E-state index contributed by atoms with van der Waals surface area (Å²) in [5, 5.41) is 1.19. The summed E-state index contributed by atoms with van der Waals surface area (Å²) in [6.07, 6.45) is 3.12. The van der Waals surface area contributed by atoms with Gasteiger partial charge in [0.05, 0.1) is 31.8 Å². The van der Waals surface area contributed by atoms with E-state index in [1.54, 1.807) is 38.4 Å². The lowest BCUT2D eigenvalue weighted by molar-refractivity contribution is 0.122. The molecule has 3 heterocycles. The normalized spacial score (nSPS) is 15.3. The fourth-order valence-electron chi connectivity index (χ4n) is 2.74. The molecule has 1 fully saturated rings. The molecule has 0 atom stereocenters. The topological polar surface area (TPSA) is 94.5 Å². The molecule has 2 aromatic rings. The summed E-state index contributed by atoms with van der Waals surface area (Å²) in [7, 11) is -1.85. The number of anilines is 1. The van der Waals surface area contributed by atoms with E-state index in [4.69, 9.17) is 9.47 Å². The second-order valence-electron chi connectivity index (χ2n) is 6.01. The van der Waals surface area contributed by atoms with Crippen LogP contribution in [0, 0.1) is 0 Å². The van der Waals surface area contributed by atoms with Crippen molar-refractivity contribution in [2.45, 2.75) is 12.7 Å². The van der Waals surface area contributed by atoms with Gasteiger partial charge in [0.15, 0.2) is 15.7 Å². The molecule has 3 rings (SSSR count). The van der Waals surface area contributed by atoms with Crippen molar-refractivity contribution in [2.24, 2.45) is 0 Å². The van der Waals surface area contributed by atoms with Crippen molar-refractivity contribution in [1.29, 1.82) is 0 Å². The second-order valence-corrected chi connectivity index (χ2v) is 7.89. The van der Waals surface area contributed by atoms with E-state index in [2.05, 4.69) is 19.9 Å². The first kappa shape index (κ1) is 19.2. The molecule has 0 radical (unpaired) electrons. The van der Waals surface area contributed by atoms with E-state index in [-0.39, 0.29) is 5.75 Å². The maximum absolute atomic E-state index is 12.2. The summed E-state index contributed by atoms with van der Waals surface area (Å²) < 4.78 is 34.9. The summed E-state index contributed by atoms with van der Waals surface area (Å²) in [6, 6.07) is 5.25. The van der Waals surface area contributed by atoms with Gasteiger partial charge in [0.2, 0.25) is 5.88 Å². The molecule has 144 valence electrons. The van der Waals surface area contributed by atoms with Crippen LogP contribution in [0.1, 0.15) is 12.6 Å². The van der Waals surface area contributed by atoms with Gasteiger partial charge in [0.25, 0.3) is 0 Å². The standard InChI is InChI=1S/C18H22N4O4S/c1-3-10-27(23,24)13-15-11-16(22-6-8-26-9-7-22)21-18(20-15)14-4-5-17(25-2)19-12-14/h3-5,10-12H,6-9,13H2,1-2H3/b10-3+. The van der Waals surface area contributed by atoms with Crippen molar-refractivity contribution in [3.8, 4) is 17.3 Å². The first-order valence-electron chi connectivity index (χ1n) is 8.57. The maximum atomic E-state index is 12.2. The zero-order valence-corrected chi connectivity index (χ0v) is 16.1. The zero-order chi connectivity index (χ0) is 19.3.